The Morgan fingerprint density at radius 1 is 1.24 bits per heavy atom. The van der Waals surface area contributed by atoms with Crippen LogP contribution in [-0.2, 0) is 19.4 Å². The molecule has 0 saturated carbocycles. The fourth-order valence-electron chi connectivity index (χ4n) is 4.22. The van der Waals surface area contributed by atoms with Gasteiger partial charge in [0.1, 0.15) is 6.10 Å². The zero-order chi connectivity index (χ0) is 20.6. The molecule has 1 aromatic rings. The number of sulfone groups is 1. The molecule has 1 amide bonds. The van der Waals surface area contributed by atoms with E-state index in [1.807, 2.05) is 29.2 Å². The maximum absolute atomic E-state index is 12.6. The Morgan fingerprint density at radius 2 is 1.97 bits per heavy atom. The van der Waals surface area contributed by atoms with Crippen LogP contribution < -0.4 is 9.80 Å². The molecule has 1 aromatic carbocycles. The molecule has 3 aliphatic rings. The van der Waals surface area contributed by atoms with Crippen molar-refractivity contribution < 1.29 is 17.9 Å². The molecule has 158 valence electrons. The Kier molecular flexibility index (Phi) is 5.90. The number of amidine groups is 1. The summed E-state index contributed by atoms with van der Waals surface area (Å²) in [6, 6.07) is 7.88. The van der Waals surface area contributed by atoms with Crippen LogP contribution in [0.3, 0.4) is 0 Å². The number of hydrogen-bond donors (Lipinski definition) is 0. The minimum absolute atomic E-state index is 0.0929. The zero-order valence-corrected chi connectivity index (χ0v) is 18.4. The summed E-state index contributed by atoms with van der Waals surface area (Å²) in [5.41, 5.74) is 1.99. The third kappa shape index (κ3) is 4.18. The minimum atomic E-state index is -3.08. The fourth-order valence-corrected chi connectivity index (χ4v) is 8.14. The smallest absolute Gasteiger partial charge is 0.277 e. The number of carbonyl (C=O) groups excluding carboxylic acids is 1. The van der Waals surface area contributed by atoms with E-state index in [4.69, 9.17) is 4.74 Å². The van der Waals surface area contributed by atoms with Crippen molar-refractivity contribution in [2.24, 2.45) is 4.99 Å². The topological polar surface area (TPSA) is 79.3 Å². The first-order valence-corrected chi connectivity index (χ1v) is 12.9. The first-order chi connectivity index (χ1) is 13.9. The second-order valence-electron chi connectivity index (χ2n) is 7.59. The first kappa shape index (κ1) is 20.7. The molecule has 29 heavy (non-hydrogen) atoms. The van der Waals surface area contributed by atoms with Gasteiger partial charge in [-0.05, 0) is 51.0 Å². The van der Waals surface area contributed by atoms with Crippen molar-refractivity contribution in [2.75, 3.05) is 41.0 Å². The van der Waals surface area contributed by atoms with Crippen molar-refractivity contribution in [2.45, 2.75) is 44.1 Å². The minimum Gasteiger partial charge on any atom is -0.372 e. The quantitative estimate of drug-likeness (QED) is 0.699. The molecule has 0 bridgehead atoms. The van der Waals surface area contributed by atoms with Crippen molar-refractivity contribution in [1.29, 1.82) is 0 Å². The highest BCUT2D eigenvalue weighted by Crippen LogP contribution is 2.41. The molecule has 3 heterocycles. The summed E-state index contributed by atoms with van der Waals surface area (Å²) in [7, 11) is -3.08. The van der Waals surface area contributed by atoms with Crippen LogP contribution in [0.1, 0.15) is 26.7 Å². The van der Waals surface area contributed by atoms with Crippen LogP contribution in [-0.4, -0.2) is 68.1 Å². The van der Waals surface area contributed by atoms with Crippen LogP contribution in [0.25, 0.3) is 0 Å². The van der Waals surface area contributed by atoms with Crippen LogP contribution in [0.15, 0.2) is 29.3 Å². The lowest BCUT2D eigenvalue weighted by Crippen LogP contribution is -2.38. The SMILES string of the molecule is CCN(CC)c1ccc(N2C(=NC(=O)[C@@H]3CCCO3)S[C@@H]3CS(=O)(=O)C[C@H]32)cc1. The lowest BCUT2D eigenvalue weighted by molar-refractivity contribution is -0.126. The summed E-state index contributed by atoms with van der Waals surface area (Å²) in [5.74, 6) is -0.0448. The van der Waals surface area contributed by atoms with Gasteiger partial charge in [-0.2, -0.15) is 4.99 Å². The summed E-state index contributed by atoms with van der Waals surface area (Å²) in [6.45, 7) is 6.66. The lowest BCUT2D eigenvalue weighted by atomic mass is 10.2. The number of aliphatic imine (C=N–C) groups is 1. The van der Waals surface area contributed by atoms with E-state index in [2.05, 4.69) is 23.7 Å². The number of nitrogens with zero attached hydrogens (tertiary/aromatic N) is 3. The van der Waals surface area contributed by atoms with Gasteiger partial charge in [0.2, 0.25) is 0 Å². The highest BCUT2D eigenvalue weighted by Gasteiger charge is 2.49. The zero-order valence-electron chi connectivity index (χ0n) is 16.8. The van der Waals surface area contributed by atoms with Crippen molar-refractivity contribution in [1.82, 2.24) is 0 Å². The van der Waals surface area contributed by atoms with Crippen LogP contribution in [0.2, 0.25) is 0 Å². The predicted molar refractivity (Wildman–Crippen MR) is 118 cm³/mol. The van der Waals surface area contributed by atoms with Gasteiger partial charge in [-0.3, -0.25) is 4.79 Å². The number of hydrogen-bond acceptors (Lipinski definition) is 6. The summed E-state index contributed by atoms with van der Waals surface area (Å²) >= 11 is 1.40. The summed E-state index contributed by atoms with van der Waals surface area (Å²) in [5, 5.41) is 0.490. The van der Waals surface area contributed by atoms with Crippen molar-refractivity contribution >= 4 is 44.0 Å². The van der Waals surface area contributed by atoms with Gasteiger partial charge in [0.25, 0.3) is 5.91 Å². The van der Waals surface area contributed by atoms with E-state index < -0.39 is 15.9 Å². The molecule has 3 atom stereocenters. The number of thioether (sulfide) groups is 1. The molecule has 9 heteroatoms. The lowest BCUT2D eigenvalue weighted by Gasteiger charge is -2.26. The normalized spacial score (nSPS) is 29.4. The molecule has 0 aromatic heterocycles. The van der Waals surface area contributed by atoms with E-state index in [1.165, 1.54) is 11.8 Å². The Morgan fingerprint density at radius 3 is 2.59 bits per heavy atom. The standard InChI is InChI=1S/C20H27N3O4S2/c1-3-22(4-2)14-7-9-15(10-8-14)23-16-12-29(25,26)13-18(16)28-20(23)21-19(24)17-6-5-11-27-17/h7-10,16-18H,3-6,11-13H2,1-2H3/t16-,17+,18-/m1/s1. The van der Waals surface area contributed by atoms with Crippen molar-refractivity contribution in [3.8, 4) is 0 Å². The average molecular weight is 438 g/mol. The van der Waals surface area contributed by atoms with Gasteiger partial charge in [-0.1, -0.05) is 11.8 Å². The van der Waals surface area contributed by atoms with Gasteiger partial charge in [-0.25, -0.2) is 8.42 Å². The monoisotopic (exact) mass is 437 g/mol. The van der Waals surface area contributed by atoms with Gasteiger partial charge in [0.05, 0.1) is 17.5 Å². The van der Waals surface area contributed by atoms with Crippen molar-refractivity contribution in [3.63, 3.8) is 0 Å². The van der Waals surface area contributed by atoms with E-state index in [0.717, 1.165) is 30.9 Å². The van der Waals surface area contributed by atoms with E-state index >= 15 is 0 Å². The third-order valence-electron chi connectivity index (χ3n) is 5.73. The summed E-state index contributed by atoms with van der Waals surface area (Å²) < 4.78 is 29.9. The van der Waals surface area contributed by atoms with Crippen LogP contribution in [0.5, 0.6) is 0 Å². The number of carbonyl (C=O) groups is 1. The van der Waals surface area contributed by atoms with Gasteiger partial charge >= 0.3 is 0 Å². The molecule has 7 nitrogen and oxygen atoms in total. The molecular formula is C20H27N3O4S2. The summed E-state index contributed by atoms with van der Waals surface area (Å²) in [4.78, 5) is 21.1. The van der Waals surface area contributed by atoms with Gasteiger partial charge in [0.15, 0.2) is 15.0 Å². The molecule has 3 saturated heterocycles. The third-order valence-corrected chi connectivity index (χ3v) is 8.94. The molecule has 3 fully saturated rings. The number of rotatable bonds is 5. The van der Waals surface area contributed by atoms with E-state index in [9.17, 15) is 13.2 Å². The summed E-state index contributed by atoms with van der Waals surface area (Å²) in [6.07, 6.45) is 1.09. The van der Waals surface area contributed by atoms with Crippen LogP contribution in [0.4, 0.5) is 11.4 Å². The Hall–Kier alpha value is -1.58. The molecule has 0 aliphatic carbocycles. The van der Waals surface area contributed by atoms with E-state index in [-0.39, 0.29) is 28.7 Å². The van der Waals surface area contributed by atoms with Gasteiger partial charge in [0, 0.05) is 36.3 Å². The Bertz CT molecular complexity index is 891. The maximum Gasteiger partial charge on any atom is 0.277 e. The number of fused-ring (bicyclic) bond motifs is 1. The van der Waals surface area contributed by atoms with Gasteiger partial charge < -0.3 is 14.5 Å². The number of ether oxygens (including phenoxy) is 1. The second kappa shape index (κ2) is 8.28. The van der Waals surface area contributed by atoms with Crippen LogP contribution in [0, 0.1) is 0 Å². The molecule has 4 rings (SSSR count). The van der Waals surface area contributed by atoms with E-state index in [0.29, 0.717) is 18.2 Å². The number of amides is 1. The molecular weight excluding hydrogens is 410 g/mol. The second-order valence-corrected chi connectivity index (χ2v) is 11.0. The highest BCUT2D eigenvalue weighted by molar-refractivity contribution is 8.16. The molecule has 0 N–H and O–H groups in total. The first-order valence-electron chi connectivity index (χ1n) is 10.2. The Balaban J connectivity index is 1.64. The van der Waals surface area contributed by atoms with Crippen LogP contribution >= 0.6 is 11.8 Å². The number of benzene rings is 1. The molecule has 0 spiro atoms. The van der Waals surface area contributed by atoms with Crippen molar-refractivity contribution in [3.05, 3.63) is 24.3 Å². The number of anilines is 2. The molecule has 0 radical (unpaired) electrons. The fraction of sp³-hybridized carbons (Fsp3) is 0.600. The largest absolute Gasteiger partial charge is 0.372 e. The molecule has 0 unspecified atom stereocenters. The van der Waals surface area contributed by atoms with Gasteiger partial charge in [-0.15, -0.1) is 0 Å². The Labute approximate surface area is 176 Å². The maximum atomic E-state index is 12.6. The molecule has 3 aliphatic heterocycles. The predicted octanol–water partition coefficient (Wildman–Crippen LogP) is 2.31. The highest BCUT2D eigenvalue weighted by atomic mass is 32.2. The average Bonchev–Trinajstić information content (AvgIpc) is 3.38. The van der Waals surface area contributed by atoms with E-state index in [1.54, 1.807) is 0 Å².